The summed E-state index contributed by atoms with van der Waals surface area (Å²) in [5.74, 6) is 1.73. The number of furan rings is 1. The Morgan fingerprint density at radius 2 is 2.00 bits per heavy atom. The van der Waals surface area contributed by atoms with Gasteiger partial charge in [-0.3, -0.25) is 9.69 Å². The third kappa shape index (κ3) is 3.03. The number of benzene rings is 1. The van der Waals surface area contributed by atoms with Crippen LogP contribution in [0.4, 0.5) is 0 Å². The zero-order valence-electron chi connectivity index (χ0n) is 12.8. The second kappa shape index (κ2) is 6.02. The van der Waals surface area contributed by atoms with E-state index in [1.165, 1.54) is 12.8 Å². The normalized spacial score (nSPS) is 17.7. The van der Waals surface area contributed by atoms with Gasteiger partial charge < -0.3 is 4.42 Å². The quantitative estimate of drug-likeness (QED) is 0.797. The minimum absolute atomic E-state index is 0.169. The SMILES string of the molecule is CC(C)C1CCN(CC(=O)c2coc3ccccc23)CC1. The van der Waals surface area contributed by atoms with E-state index in [1.54, 1.807) is 6.26 Å². The molecule has 0 spiro atoms. The number of hydrogen-bond acceptors (Lipinski definition) is 3. The van der Waals surface area contributed by atoms with Crippen LogP contribution in [-0.2, 0) is 0 Å². The van der Waals surface area contributed by atoms with Crippen molar-refractivity contribution < 1.29 is 9.21 Å². The summed E-state index contributed by atoms with van der Waals surface area (Å²) in [6, 6.07) is 7.73. The number of hydrogen-bond donors (Lipinski definition) is 0. The molecular formula is C18H23NO2. The molecule has 0 bridgehead atoms. The third-order valence-electron chi connectivity index (χ3n) is 4.72. The van der Waals surface area contributed by atoms with E-state index in [2.05, 4.69) is 18.7 Å². The lowest BCUT2D eigenvalue weighted by Gasteiger charge is -2.33. The average molecular weight is 285 g/mol. The molecule has 1 aliphatic heterocycles. The summed E-state index contributed by atoms with van der Waals surface area (Å²) < 4.78 is 5.47. The number of Topliss-reactive ketones (excluding diaryl/α,β-unsaturated/α-hetero) is 1. The summed E-state index contributed by atoms with van der Waals surface area (Å²) in [5, 5.41) is 0.930. The zero-order valence-corrected chi connectivity index (χ0v) is 12.8. The van der Waals surface area contributed by atoms with Crippen molar-refractivity contribution in [2.24, 2.45) is 11.8 Å². The second-order valence-electron chi connectivity index (χ2n) is 6.43. The van der Waals surface area contributed by atoms with Gasteiger partial charge in [0.05, 0.1) is 12.1 Å². The predicted octanol–water partition coefficient (Wildman–Crippen LogP) is 3.98. The van der Waals surface area contributed by atoms with Crippen molar-refractivity contribution in [2.45, 2.75) is 26.7 Å². The lowest BCUT2D eigenvalue weighted by atomic mass is 9.86. The Morgan fingerprint density at radius 3 is 2.71 bits per heavy atom. The molecule has 3 heteroatoms. The summed E-state index contributed by atoms with van der Waals surface area (Å²) in [7, 11) is 0. The molecule has 3 rings (SSSR count). The molecule has 2 heterocycles. The third-order valence-corrected chi connectivity index (χ3v) is 4.72. The fraction of sp³-hybridized carbons (Fsp3) is 0.500. The molecule has 3 nitrogen and oxygen atoms in total. The number of likely N-dealkylation sites (tertiary alicyclic amines) is 1. The summed E-state index contributed by atoms with van der Waals surface area (Å²) in [4.78, 5) is 14.8. The van der Waals surface area contributed by atoms with Crippen LogP contribution in [0.25, 0.3) is 11.0 Å². The van der Waals surface area contributed by atoms with Gasteiger partial charge in [-0.25, -0.2) is 0 Å². The lowest BCUT2D eigenvalue weighted by Crippen LogP contribution is -2.38. The lowest BCUT2D eigenvalue weighted by molar-refractivity contribution is 0.0880. The minimum atomic E-state index is 0.169. The Labute approximate surface area is 125 Å². The molecule has 0 saturated carbocycles. The Hall–Kier alpha value is -1.61. The first-order chi connectivity index (χ1) is 10.1. The van der Waals surface area contributed by atoms with Crippen LogP contribution in [0.2, 0.25) is 0 Å². The molecule has 0 atom stereocenters. The summed E-state index contributed by atoms with van der Waals surface area (Å²) in [6.07, 6.45) is 4.02. The summed E-state index contributed by atoms with van der Waals surface area (Å²) >= 11 is 0. The van der Waals surface area contributed by atoms with Crippen LogP contribution >= 0.6 is 0 Å². The van der Waals surface area contributed by atoms with E-state index in [0.717, 1.165) is 41.5 Å². The monoisotopic (exact) mass is 285 g/mol. The molecule has 2 aromatic rings. The number of para-hydroxylation sites is 1. The van der Waals surface area contributed by atoms with Gasteiger partial charge >= 0.3 is 0 Å². The molecule has 0 aliphatic carbocycles. The largest absolute Gasteiger partial charge is 0.464 e. The van der Waals surface area contributed by atoms with Gasteiger partial charge in [-0.2, -0.15) is 0 Å². The smallest absolute Gasteiger partial charge is 0.180 e. The number of fused-ring (bicyclic) bond motifs is 1. The number of carbonyl (C=O) groups excluding carboxylic acids is 1. The van der Waals surface area contributed by atoms with Crippen LogP contribution < -0.4 is 0 Å². The Bertz CT molecular complexity index is 621. The Kier molecular flexibility index (Phi) is 4.11. The molecular weight excluding hydrogens is 262 g/mol. The maximum Gasteiger partial charge on any atom is 0.180 e. The zero-order chi connectivity index (χ0) is 14.8. The summed E-state index contributed by atoms with van der Waals surface area (Å²) in [6.45, 7) is 7.16. The highest BCUT2D eigenvalue weighted by Crippen LogP contribution is 2.25. The van der Waals surface area contributed by atoms with E-state index in [-0.39, 0.29) is 5.78 Å². The molecule has 21 heavy (non-hydrogen) atoms. The van der Waals surface area contributed by atoms with Gasteiger partial charge in [0.25, 0.3) is 0 Å². The average Bonchev–Trinajstić information content (AvgIpc) is 2.92. The van der Waals surface area contributed by atoms with E-state index in [9.17, 15) is 4.79 Å². The van der Waals surface area contributed by atoms with Gasteiger partial charge in [-0.05, 0) is 43.8 Å². The van der Waals surface area contributed by atoms with Crippen molar-refractivity contribution in [3.63, 3.8) is 0 Å². The highest BCUT2D eigenvalue weighted by molar-refractivity contribution is 6.08. The van der Waals surface area contributed by atoms with Crippen LogP contribution in [0, 0.1) is 11.8 Å². The van der Waals surface area contributed by atoms with Crippen molar-refractivity contribution in [1.82, 2.24) is 4.90 Å². The highest BCUT2D eigenvalue weighted by Gasteiger charge is 2.24. The van der Waals surface area contributed by atoms with Gasteiger partial charge in [-0.15, -0.1) is 0 Å². The van der Waals surface area contributed by atoms with E-state index < -0.39 is 0 Å². The van der Waals surface area contributed by atoms with Gasteiger partial charge in [0.15, 0.2) is 5.78 Å². The van der Waals surface area contributed by atoms with Crippen LogP contribution in [0.3, 0.4) is 0 Å². The molecule has 0 unspecified atom stereocenters. The maximum absolute atomic E-state index is 12.5. The van der Waals surface area contributed by atoms with Crippen LogP contribution in [0.15, 0.2) is 34.9 Å². The molecule has 1 aliphatic rings. The molecule has 112 valence electrons. The Morgan fingerprint density at radius 1 is 1.29 bits per heavy atom. The van der Waals surface area contributed by atoms with Crippen molar-refractivity contribution in [3.05, 3.63) is 36.1 Å². The first-order valence-corrected chi connectivity index (χ1v) is 7.87. The molecule has 1 fully saturated rings. The van der Waals surface area contributed by atoms with Crippen molar-refractivity contribution in [3.8, 4) is 0 Å². The van der Waals surface area contributed by atoms with Gasteiger partial charge in [0.1, 0.15) is 11.8 Å². The number of piperidine rings is 1. The summed E-state index contributed by atoms with van der Waals surface area (Å²) in [5.41, 5.74) is 1.51. The second-order valence-corrected chi connectivity index (χ2v) is 6.43. The first kappa shape index (κ1) is 14.3. The molecule has 0 radical (unpaired) electrons. The van der Waals surface area contributed by atoms with Crippen molar-refractivity contribution in [2.75, 3.05) is 19.6 Å². The molecule has 1 aromatic carbocycles. The van der Waals surface area contributed by atoms with Crippen molar-refractivity contribution >= 4 is 16.8 Å². The van der Waals surface area contributed by atoms with E-state index in [4.69, 9.17) is 4.42 Å². The predicted molar refractivity (Wildman–Crippen MR) is 84.5 cm³/mol. The first-order valence-electron chi connectivity index (χ1n) is 7.87. The molecule has 1 saturated heterocycles. The number of rotatable bonds is 4. The fourth-order valence-electron chi connectivity index (χ4n) is 3.26. The molecule has 1 aromatic heterocycles. The van der Waals surface area contributed by atoms with Crippen LogP contribution in [-0.4, -0.2) is 30.3 Å². The van der Waals surface area contributed by atoms with Gasteiger partial charge in [0, 0.05) is 5.39 Å². The standard InChI is InChI=1S/C18H23NO2/c1-13(2)14-7-9-19(10-8-14)11-17(20)16-12-21-18-6-4-3-5-15(16)18/h3-6,12-14H,7-11H2,1-2H3. The highest BCUT2D eigenvalue weighted by atomic mass is 16.3. The minimum Gasteiger partial charge on any atom is -0.464 e. The van der Waals surface area contributed by atoms with Gasteiger partial charge in [0.2, 0.25) is 0 Å². The fourth-order valence-corrected chi connectivity index (χ4v) is 3.26. The van der Waals surface area contributed by atoms with Crippen LogP contribution in [0.5, 0.6) is 0 Å². The molecule has 0 amide bonds. The van der Waals surface area contributed by atoms with E-state index in [0.29, 0.717) is 6.54 Å². The number of carbonyl (C=O) groups is 1. The van der Waals surface area contributed by atoms with E-state index >= 15 is 0 Å². The topological polar surface area (TPSA) is 33.5 Å². The number of nitrogens with zero attached hydrogens (tertiary/aromatic N) is 1. The van der Waals surface area contributed by atoms with Crippen molar-refractivity contribution in [1.29, 1.82) is 0 Å². The Balaban J connectivity index is 1.65. The van der Waals surface area contributed by atoms with E-state index in [1.807, 2.05) is 24.3 Å². The van der Waals surface area contributed by atoms with Gasteiger partial charge in [-0.1, -0.05) is 32.0 Å². The maximum atomic E-state index is 12.5. The molecule has 0 N–H and O–H groups in total. The number of ketones is 1. The van der Waals surface area contributed by atoms with Crippen LogP contribution in [0.1, 0.15) is 37.0 Å².